The van der Waals surface area contributed by atoms with E-state index in [0.29, 0.717) is 22.3 Å². The zero-order valence-corrected chi connectivity index (χ0v) is 20.4. The van der Waals surface area contributed by atoms with Crippen molar-refractivity contribution in [3.63, 3.8) is 0 Å². The Hall–Kier alpha value is -4.96. The molecule has 0 aliphatic rings. The molecule has 3 aromatic carbocycles. The number of hydrogen-bond donors (Lipinski definition) is 3. The maximum Gasteiger partial charge on any atom is 0.323 e. The molecule has 3 N–H and O–H groups in total. The van der Waals surface area contributed by atoms with Crippen LogP contribution < -0.4 is 16.6 Å². The van der Waals surface area contributed by atoms with Crippen molar-refractivity contribution < 1.29 is 9.72 Å². The number of fused-ring (bicyclic) bond motifs is 1. The molecule has 0 saturated carbocycles. The molecule has 0 spiro atoms. The minimum absolute atomic E-state index is 0.191. The summed E-state index contributed by atoms with van der Waals surface area (Å²) in [4.78, 5) is 54.6. The third-order valence-electron chi connectivity index (χ3n) is 6.11. The first-order chi connectivity index (χ1) is 18.3. The Morgan fingerprint density at radius 2 is 1.74 bits per heavy atom. The summed E-state index contributed by atoms with van der Waals surface area (Å²) in [6, 6.07) is 20.1. The van der Waals surface area contributed by atoms with Gasteiger partial charge in [-0.3, -0.25) is 19.7 Å². The van der Waals surface area contributed by atoms with Crippen molar-refractivity contribution in [1.82, 2.24) is 14.5 Å². The smallest absolute Gasteiger partial charge is 0.323 e. The third kappa shape index (κ3) is 5.11. The van der Waals surface area contributed by atoms with Crippen molar-refractivity contribution in [2.24, 2.45) is 0 Å². The Labute approximate surface area is 219 Å². The van der Waals surface area contributed by atoms with E-state index in [0.717, 1.165) is 5.56 Å². The Morgan fingerprint density at radius 1 is 0.974 bits per heavy atom. The number of nitro groups is 1. The number of benzene rings is 3. The molecule has 38 heavy (non-hydrogen) atoms. The molecule has 10 nitrogen and oxygen atoms in total. The summed E-state index contributed by atoms with van der Waals surface area (Å²) in [7, 11) is 0. The minimum Gasteiger partial charge on any atom is -0.324 e. The number of hydrogen-bond acceptors (Lipinski definition) is 5. The molecule has 1 unspecified atom stereocenters. The fourth-order valence-electron chi connectivity index (χ4n) is 4.30. The predicted molar refractivity (Wildman–Crippen MR) is 145 cm³/mol. The quantitative estimate of drug-likeness (QED) is 0.207. The average Bonchev–Trinajstić information content (AvgIpc) is 3.27. The SMILES string of the molecule is O=C(Nc1ccc2[nH]c(=O)[nH]c2c1)C(Cc1ccccc1)n1ccc(-c2cc(Cl)ccc2[N+](=O)[O-])cc1=O. The molecule has 11 heteroatoms. The average molecular weight is 530 g/mol. The molecule has 0 bridgehead atoms. The van der Waals surface area contributed by atoms with Crippen LogP contribution in [0, 0.1) is 10.1 Å². The van der Waals surface area contributed by atoms with Gasteiger partial charge >= 0.3 is 5.69 Å². The fourth-order valence-corrected chi connectivity index (χ4v) is 4.48. The first-order valence-corrected chi connectivity index (χ1v) is 11.9. The van der Waals surface area contributed by atoms with Gasteiger partial charge in [0.1, 0.15) is 6.04 Å². The van der Waals surface area contributed by atoms with Crippen LogP contribution in [0.3, 0.4) is 0 Å². The van der Waals surface area contributed by atoms with Crippen LogP contribution in [0.1, 0.15) is 11.6 Å². The molecule has 0 aliphatic carbocycles. The summed E-state index contributed by atoms with van der Waals surface area (Å²) >= 11 is 6.06. The number of aromatic nitrogens is 3. The Bertz CT molecular complexity index is 1790. The highest BCUT2D eigenvalue weighted by Crippen LogP contribution is 2.32. The predicted octanol–water partition coefficient (Wildman–Crippen LogP) is 4.67. The van der Waals surface area contributed by atoms with Crippen molar-refractivity contribution >= 4 is 39.9 Å². The van der Waals surface area contributed by atoms with E-state index in [4.69, 9.17) is 11.6 Å². The summed E-state index contributed by atoms with van der Waals surface area (Å²) in [6.45, 7) is 0. The Balaban J connectivity index is 1.52. The highest BCUT2D eigenvalue weighted by atomic mass is 35.5. The molecule has 1 amide bonds. The zero-order valence-electron chi connectivity index (χ0n) is 19.7. The molecule has 0 radical (unpaired) electrons. The molecular formula is C27H20ClN5O5. The van der Waals surface area contributed by atoms with Crippen LogP contribution in [-0.4, -0.2) is 25.4 Å². The molecule has 5 aromatic rings. The van der Waals surface area contributed by atoms with Gasteiger partial charge in [0.05, 0.1) is 21.5 Å². The van der Waals surface area contributed by atoms with Crippen LogP contribution >= 0.6 is 11.6 Å². The lowest BCUT2D eigenvalue weighted by Crippen LogP contribution is -2.34. The van der Waals surface area contributed by atoms with Gasteiger partial charge in [0.2, 0.25) is 5.91 Å². The van der Waals surface area contributed by atoms with Crippen LogP contribution in [0.25, 0.3) is 22.2 Å². The molecule has 0 aliphatic heterocycles. The third-order valence-corrected chi connectivity index (χ3v) is 6.34. The number of nitrogens with zero attached hydrogens (tertiary/aromatic N) is 2. The van der Waals surface area contributed by atoms with Crippen LogP contribution in [0.5, 0.6) is 0 Å². The molecule has 1 atom stereocenters. The first kappa shape index (κ1) is 24.7. The number of pyridine rings is 1. The van der Waals surface area contributed by atoms with Gasteiger partial charge < -0.3 is 19.9 Å². The van der Waals surface area contributed by atoms with Gasteiger partial charge in [-0.25, -0.2) is 4.79 Å². The van der Waals surface area contributed by atoms with E-state index >= 15 is 0 Å². The van der Waals surface area contributed by atoms with Gasteiger partial charge in [-0.2, -0.15) is 0 Å². The van der Waals surface area contributed by atoms with Crippen molar-refractivity contribution in [1.29, 1.82) is 0 Å². The maximum absolute atomic E-state index is 13.5. The summed E-state index contributed by atoms with van der Waals surface area (Å²) in [6.07, 6.45) is 1.66. The van der Waals surface area contributed by atoms with E-state index in [-0.39, 0.29) is 28.4 Å². The summed E-state index contributed by atoms with van der Waals surface area (Å²) in [5.41, 5.74) is 1.83. The fraction of sp³-hybridized carbons (Fsp3) is 0.0741. The largest absolute Gasteiger partial charge is 0.324 e. The number of carbonyl (C=O) groups excluding carboxylic acids is 1. The van der Waals surface area contributed by atoms with E-state index in [9.17, 15) is 24.5 Å². The standard InChI is InChI=1S/C27H20ClN5O5/c28-18-6-9-23(33(37)38)20(14-18)17-10-11-32(25(34)13-17)24(12-16-4-2-1-3-5-16)26(35)29-19-7-8-21-22(15-19)31-27(36)30-21/h1-11,13-15,24H,12H2,(H,29,35)(H2,30,31,36). The summed E-state index contributed by atoms with van der Waals surface area (Å²) < 4.78 is 1.29. The normalized spacial score (nSPS) is 11.8. The minimum atomic E-state index is -0.936. The number of amides is 1. The Morgan fingerprint density at radius 3 is 2.47 bits per heavy atom. The monoisotopic (exact) mass is 529 g/mol. The molecule has 190 valence electrons. The van der Waals surface area contributed by atoms with Crippen LogP contribution in [0.4, 0.5) is 11.4 Å². The summed E-state index contributed by atoms with van der Waals surface area (Å²) in [5, 5.41) is 14.6. The molecule has 2 aromatic heterocycles. The highest BCUT2D eigenvalue weighted by molar-refractivity contribution is 6.31. The van der Waals surface area contributed by atoms with Crippen molar-refractivity contribution in [3.05, 3.63) is 127 Å². The van der Waals surface area contributed by atoms with E-state index in [1.807, 2.05) is 30.3 Å². The Kier molecular flexibility index (Phi) is 6.63. The molecule has 2 heterocycles. The number of halogens is 1. The topological polar surface area (TPSA) is 143 Å². The number of anilines is 1. The van der Waals surface area contributed by atoms with Gasteiger partial charge in [0, 0.05) is 35.5 Å². The van der Waals surface area contributed by atoms with Crippen molar-refractivity contribution in [3.8, 4) is 11.1 Å². The highest BCUT2D eigenvalue weighted by Gasteiger charge is 2.24. The number of nitro benzene ring substituents is 1. The lowest BCUT2D eigenvalue weighted by Gasteiger charge is -2.20. The number of imidazole rings is 1. The van der Waals surface area contributed by atoms with Gasteiger partial charge in [-0.1, -0.05) is 41.9 Å². The second-order valence-electron chi connectivity index (χ2n) is 8.61. The molecule has 0 saturated heterocycles. The number of nitrogens with one attached hydrogen (secondary N) is 3. The molecular weight excluding hydrogens is 510 g/mol. The zero-order chi connectivity index (χ0) is 26.8. The van der Waals surface area contributed by atoms with E-state index in [2.05, 4.69) is 15.3 Å². The van der Waals surface area contributed by atoms with Gasteiger partial charge in [-0.15, -0.1) is 0 Å². The van der Waals surface area contributed by atoms with Gasteiger partial charge in [0.15, 0.2) is 0 Å². The number of aromatic amines is 2. The second kappa shape index (κ2) is 10.2. The number of carbonyl (C=O) groups is 1. The van der Waals surface area contributed by atoms with Gasteiger partial charge in [-0.05, 0) is 47.5 Å². The lowest BCUT2D eigenvalue weighted by atomic mass is 10.0. The lowest BCUT2D eigenvalue weighted by molar-refractivity contribution is -0.384. The number of rotatable bonds is 7. The molecule has 5 rings (SSSR count). The summed E-state index contributed by atoms with van der Waals surface area (Å²) in [5.74, 6) is -0.449. The first-order valence-electron chi connectivity index (χ1n) is 11.5. The van der Waals surface area contributed by atoms with Crippen LogP contribution in [-0.2, 0) is 11.2 Å². The van der Waals surface area contributed by atoms with E-state index in [1.54, 1.807) is 24.3 Å². The molecule has 0 fully saturated rings. The maximum atomic E-state index is 13.5. The van der Waals surface area contributed by atoms with Crippen LogP contribution in [0.2, 0.25) is 5.02 Å². The van der Waals surface area contributed by atoms with Crippen LogP contribution in [0.15, 0.2) is 94.6 Å². The van der Waals surface area contributed by atoms with Crippen molar-refractivity contribution in [2.45, 2.75) is 12.5 Å². The second-order valence-corrected chi connectivity index (χ2v) is 9.05. The van der Waals surface area contributed by atoms with E-state index < -0.39 is 22.4 Å². The van der Waals surface area contributed by atoms with Gasteiger partial charge in [0.25, 0.3) is 11.2 Å². The van der Waals surface area contributed by atoms with E-state index in [1.165, 1.54) is 35.0 Å². The van der Waals surface area contributed by atoms with Crippen molar-refractivity contribution in [2.75, 3.05) is 5.32 Å². The number of H-pyrrole nitrogens is 2.